The second-order valence-corrected chi connectivity index (χ2v) is 9.11. The molecular formula is C21H23N3O4S. The lowest BCUT2D eigenvalue weighted by Crippen LogP contribution is -2.14. The maximum absolute atomic E-state index is 12.3. The Balaban J connectivity index is 1.54. The van der Waals surface area contributed by atoms with Gasteiger partial charge in [0.15, 0.2) is 9.84 Å². The van der Waals surface area contributed by atoms with Crippen LogP contribution in [-0.4, -0.2) is 30.3 Å². The highest BCUT2D eigenvalue weighted by molar-refractivity contribution is 7.91. The monoisotopic (exact) mass is 413 g/mol. The summed E-state index contributed by atoms with van der Waals surface area (Å²) in [5, 5.41) is 10.1. The van der Waals surface area contributed by atoms with Crippen molar-refractivity contribution >= 4 is 21.8 Å². The van der Waals surface area contributed by atoms with Gasteiger partial charge in [-0.1, -0.05) is 61.4 Å². The second-order valence-electron chi connectivity index (χ2n) is 7.00. The summed E-state index contributed by atoms with van der Waals surface area (Å²) in [6, 6.07) is 16.0. The summed E-state index contributed by atoms with van der Waals surface area (Å²) in [6.07, 6.45) is 0.245. The highest BCUT2D eigenvalue weighted by Crippen LogP contribution is 2.16. The second kappa shape index (κ2) is 9.00. The normalized spacial score (nSPS) is 11.6. The van der Waals surface area contributed by atoms with Crippen LogP contribution in [0.2, 0.25) is 0 Å². The van der Waals surface area contributed by atoms with Gasteiger partial charge in [-0.3, -0.25) is 10.1 Å². The predicted octanol–water partition coefficient (Wildman–Crippen LogP) is 3.39. The third-order valence-corrected chi connectivity index (χ3v) is 6.14. The highest BCUT2D eigenvalue weighted by Gasteiger charge is 2.17. The van der Waals surface area contributed by atoms with Crippen molar-refractivity contribution in [3.8, 4) is 0 Å². The Labute approximate surface area is 170 Å². The number of benzene rings is 2. The van der Waals surface area contributed by atoms with Crippen molar-refractivity contribution in [2.75, 3.05) is 11.1 Å². The number of nitrogens with one attached hydrogen (secondary N) is 1. The van der Waals surface area contributed by atoms with Crippen molar-refractivity contribution in [3.05, 3.63) is 71.6 Å². The fraction of sp³-hybridized carbons (Fsp3) is 0.286. The van der Waals surface area contributed by atoms with Gasteiger partial charge in [0.05, 0.1) is 17.1 Å². The van der Waals surface area contributed by atoms with Gasteiger partial charge in [0, 0.05) is 6.42 Å². The molecule has 0 spiro atoms. The first-order chi connectivity index (χ1) is 13.8. The number of carbonyl (C=O) groups excluding carboxylic acids is 1. The van der Waals surface area contributed by atoms with Crippen LogP contribution in [0, 0.1) is 0 Å². The zero-order chi connectivity index (χ0) is 20.9. The summed E-state index contributed by atoms with van der Waals surface area (Å²) in [4.78, 5) is 12.4. The Kier molecular flexibility index (Phi) is 6.43. The summed E-state index contributed by atoms with van der Waals surface area (Å²) >= 11 is 0. The smallest absolute Gasteiger partial charge is 0.322 e. The molecule has 1 aromatic heterocycles. The molecule has 0 unspecified atom stereocenters. The summed E-state index contributed by atoms with van der Waals surface area (Å²) in [6.45, 7) is 4.22. The molecule has 0 fully saturated rings. The number of carbonyl (C=O) groups is 1. The summed E-state index contributed by atoms with van der Waals surface area (Å²) in [5.74, 6) is 0.144. The molecule has 29 heavy (non-hydrogen) atoms. The molecule has 0 saturated carbocycles. The Morgan fingerprint density at radius 1 is 1.03 bits per heavy atom. The van der Waals surface area contributed by atoms with Gasteiger partial charge in [-0.05, 0) is 29.2 Å². The number of sulfone groups is 1. The van der Waals surface area contributed by atoms with Crippen LogP contribution in [-0.2, 0) is 27.5 Å². The van der Waals surface area contributed by atoms with Gasteiger partial charge in [0.2, 0.25) is 11.8 Å². The molecule has 0 atom stereocenters. The fourth-order valence-corrected chi connectivity index (χ4v) is 3.99. The van der Waals surface area contributed by atoms with E-state index < -0.39 is 9.84 Å². The van der Waals surface area contributed by atoms with Gasteiger partial charge in [-0.25, -0.2) is 8.42 Å². The van der Waals surface area contributed by atoms with Crippen molar-refractivity contribution in [2.24, 2.45) is 0 Å². The number of hydrogen-bond acceptors (Lipinski definition) is 6. The van der Waals surface area contributed by atoms with Crippen LogP contribution in [0.1, 0.15) is 36.8 Å². The molecule has 0 radical (unpaired) electrons. The van der Waals surface area contributed by atoms with E-state index in [0.717, 1.165) is 5.56 Å². The van der Waals surface area contributed by atoms with Crippen LogP contribution >= 0.6 is 0 Å². The van der Waals surface area contributed by atoms with Gasteiger partial charge >= 0.3 is 6.01 Å². The minimum absolute atomic E-state index is 0.0408. The summed E-state index contributed by atoms with van der Waals surface area (Å²) in [5.41, 5.74) is 2.08. The number of hydrogen-bond donors (Lipinski definition) is 1. The lowest BCUT2D eigenvalue weighted by Gasteiger charge is -2.06. The minimum atomic E-state index is -3.44. The van der Waals surface area contributed by atoms with Gasteiger partial charge in [0.25, 0.3) is 0 Å². The Bertz CT molecular complexity index is 1060. The SMILES string of the molecule is CC(C)c1ccc(CC(=O)Nc2nnc(CCS(=O)(=O)c3ccccc3)o2)cc1. The maximum Gasteiger partial charge on any atom is 0.322 e. The number of amides is 1. The summed E-state index contributed by atoms with van der Waals surface area (Å²) in [7, 11) is -3.44. The van der Waals surface area contributed by atoms with Crippen LogP contribution < -0.4 is 5.32 Å². The number of aromatic nitrogens is 2. The fourth-order valence-electron chi connectivity index (χ4n) is 2.74. The third kappa shape index (κ3) is 5.74. The van der Waals surface area contributed by atoms with E-state index in [1.807, 2.05) is 24.3 Å². The Hall–Kier alpha value is -3.00. The number of nitrogens with zero attached hydrogens (tertiary/aromatic N) is 2. The zero-order valence-corrected chi connectivity index (χ0v) is 17.1. The third-order valence-electron chi connectivity index (χ3n) is 4.41. The first-order valence-electron chi connectivity index (χ1n) is 9.32. The van der Waals surface area contributed by atoms with Crippen LogP contribution in [0.5, 0.6) is 0 Å². The summed E-state index contributed by atoms with van der Waals surface area (Å²) < 4.78 is 30.0. The Morgan fingerprint density at radius 2 is 1.72 bits per heavy atom. The van der Waals surface area contributed by atoms with E-state index in [4.69, 9.17) is 4.42 Å². The van der Waals surface area contributed by atoms with Gasteiger partial charge in [-0.15, -0.1) is 5.10 Å². The van der Waals surface area contributed by atoms with Gasteiger partial charge in [-0.2, -0.15) is 0 Å². The Morgan fingerprint density at radius 3 is 2.38 bits per heavy atom. The van der Waals surface area contributed by atoms with Crippen molar-refractivity contribution in [2.45, 2.75) is 37.5 Å². The highest BCUT2D eigenvalue weighted by atomic mass is 32.2. The van der Waals surface area contributed by atoms with E-state index in [-0.39, 0.29) is 41.3 Å². The molecule has 3 rings (SSSR count). The minimum Gasteiger partial charge on any atom is -0.408 e. The van der Waals surface area contributed by atoms with Crippen LogP contribution in [0.4, 0.5) is 6.01 Å². The van der Waals surface area contributed by atoms with E-state index in [2.05, 4.69) is 29.4 Å². The number of anilines is 1. The molecule has 152 valence electrons. The molecule has 7 nitrogen and oxygen atoms in total. The molecule has 2 aromatic carbocycles. The largest absolute Gasteiger partial charge is 0.408 e. The lowest BCUT2D eigenvalue weighted by atomic mass is 10.0. The molecule has 0 aliphatic heterocycles. The lowest BCUT2D eigenvalue weighted by molar-refractivity contribution is -0.115. The maximum atomic E-state index is 12.3. The van der Waals surface area contributed by atoms with E-state index in [1.165, 1.54) is 5.56 Å². The quantitative estimate of drug-likeness (QED) is 0.607. The topological polar surface area (TPSA) is 102 Å². The van der Waals surface area contributed by atoms with Crippen molar-refractivity contribution in [1.29, 1.82) is 0 Å². The molecule has 1 amide bonds. The standard InChI is InChI=1S/C21H23N3O4S/c1-15(2)17-10-8-16(9-11-17)14-19(25)22-21-24-23-20(28-21)12-13-29(26,27)18-6-4-3-5-7-18/h3-11,15H,12-14H2,1-2H3,(H,22,24,25). The van der Waals surface area contributed by atoms with E-state index >= 15 is 0 Å². The van der Waals surface area contributed by atoms with E-state index in [0.29, 0.717) is 5.92 Å². The van der Waals surface area contributed by atoms with Gasteiger partial charge < -0.3 is 4.42 Å². The average molecular weight is 413 g/mol. The molecule has 0 bridgehead atoms. The van der Waals surface area contributed by atoms with E-state index in [9.17, 15) is 13.2 Å². The van der Waals surface area contributed by atoms with Crippen molar-refractivity contribution < 1.29 is 17.6 Å². The molecule has 1 heterocycles. The van der Waals surface area contributed by atoms with Gasteiger partial charge in [0.1, 0.15) is 0 Å². The van der Waals surface area contributed by atoms with Crippen molar-refractivity contribution in [1.82, 2.24) is 10.2 Å². The molecule has 0 aliphatic rings. The predicted molar refractivity (Wildman–Crippen MR) is 109 cm³/mol. The molecule has 0 aliphatic carbocycles. The molecule has 1 N–H and O–H groups in total. The van der Waals surface area contributed by atoms with Crippen molar-refractivity contribution in [3.63, 3.8) is 0 Å². The first kappa shape index (κ1) is 20.7. The van der Waals surface area contributed by atoms with Crippen LogP contribution in [0.3, 0.4) is 0 Å². The molecular weight excluding hydrogens is 390 g/mol. The molecule has 8 heteroatoms. The van der Waals surface area contributed by atoms with Crippen LogP contribution in [0.15, 0.2) is 63.9 Å². The molecule has 0 saturated heterocycles. The zero-order valence-electron chi connectivity index (χ0n) is 16.3. The number of rotatable bonds is 8. The molecule has 3 aromatic rings. The van der Waals surface area contributed by atoms with E-state index in [1.54, 1.807) is 30.3 Å². The average Bonchev–Trinajstić information content (AvgIpc) is 3.15. The van der Waals surface area contributed by atoms with Crippen LogP contribution in [0.25, 0.3) is 0 Å². The first-order valence-corrected chi connectivity index (χ1v) is 11.0. The number of aryl methyl sites for hydroxylation is 1.